The maximum absolute atomic E-state index is 11.1. The number of ether oxygens (including phenoxy) is 2. The van der Waals surface area contributed by atoms with E-state index in [9.17, 15) is 4.79 Å². The zero-order valence-corrected chi connectivity index (χ0v) is 9.50. The lowest BCUT2D eigenvalue weighted by Crippen LogP contribution is -2.05. The number of hydrogen-bond acceptors (Lipinski definition) is 4. The van der Waals surface area contributed by atoms with E-state index in [1.807, 2.05) is 0 Å². The van der Waals surface area contributed by atoms with Crippen LogP contribution in [0.5, 0.6) is 5.75 Å². The summed E-state index contributed by atoms with van der Waals surface area (Å²) in [6.45, 7) is 0. The highest BCUT2D eigenvalue weighted by Crippen LogP contribution is 2.20. The monoisotopic (exact) mass is 259 g/mol. The van der Waals surface area contributed by atoms with E-state index in [4.69, 9.17) is 4.74 Å². The van der Waals surface area contributed by atoms with Gasteiger partial charge in [0, 0.05) is 23.2 Å². The lowest BCUT2D eigenvalue weighted by Gasteiger charge is -2.06. The molecule has 1 rings (SSSR count). The van der Waals surface area contributed by atoms with Gasteiger partial charge >= 0.3 is 5.97 Å². The number of rotatable bonds is 3. The summed E-state index contributed by atoms with van der Waals surface area (Å²) in [6.07, 6.45) is 1.58. The smallest absolute Gasteiger partial charge is 0.356 e. The third-order valence-corrected chi connectivity index (χ3v) is 2.31. The van der Waals surface area contributed by atoms with E-state index in [-0.39, 0.29) is 5.69 Å². The molecule has 0 bridgehead atoms. The van der Waals surface area contributed by atoms with E-state index in [0.29, 0.717) is 11.1 Å². The molecule has 0 aromatic carbocycles. The van der Waals surface area contributed by atoms with Crippen LogP contribution in [-0.4, -0.2) is 25.2 Å². The van der Waals surface area contributed by atoms with Crippen molar-refractivity contribution in [2.24, 2.45) is 0 Å². The van der Waals surface area contributed by atoms with Crippen LogP contribution in [0.15, 0.2) is 12.3 Å². The summed E-state index contributed by atoms with van der Waals surface area (Å²) < 4.78 is 9.63. The molecular weight excluding hydrogens is 250 g/mol. The Morgan fingerprint density at radius 3 is 2.79 bits per heavy atom. The van der Waals surface area contributed by atoms with Crippen LogP contribution in [-0.2, 0) is 10.1 Å². The topological polar surface area (TPSA) is 48.4 Å². The van der Waals surface area contributed by atoms with Crippen molar-refractivity contribution in [2.75, 3.05) is 14.2 Å². The van der Waals surface area contributed by atoms with Crippen LogP contribution in [0.2, 0.25) is 0 Å². The van der Waals surface area contributed by atoms with Crippen LogP contribution in [0.25, 0.3) is 0 Å². The van der Waals surface area contributed by atoms with Gasteiger partial charge in [-0.15, -0.1) is 0 Å². The van der Waals surface area contributed by atoms with Gasteiger partial charge in [-0.3, -0.25) is 0 Å². The fraction of sp³-hybridized carbons (Fsp3) is 0.333. The Kier molecular flexibility index (Phi) is 3.88. The number of nitrogens with zero attached hydrogens (tertiary/aromatic N) is 1. The Balaban J connectivity index is 3.07. The number of alkyl halides is 1. The summed E-state index contributed by atoms with van der Waals surface area (Å²) in [4.78, 5) is 15.1. The van der Waals surface area contributed by atoms with Gasteiger partial charge in [-0.25, -0.2) is 9.78 Å². The first kappa shape index (κ1) is 11.0. The van der Waals surface area contributed by atoms with Crippen LogP contribution in [0.1, 0.15) is 16.1 Å². The maximum Gasteiger partial charge on any atom is 0.356 e. The summed E-state index contributed by atoms with van der Waals surface area (Å²) in [7, 11) is 2.86. The molecule has 0 amide bonds. The molecule has 0 saturated carbocycles. The average Bonchev–Trinajstić information content (AvgIpc) is 2.26. The second-order valence-corrected chi connectivity index (χ2v) is 3.07. The van der Waals surface area contributed by atoms with E-state index < -0.39 is 5.97 Å². The van der Waals surface area contributed by atoms with Crippen molar-refractivity contribution >= 4 is 21.9 Å². The largest absolute Gasteiger partial charge is 0.496 e. The molecule has 1 aromatic heterocycles. The van der Waals surface area contributed by atoms with E-state index in [0.717, 1.165) is 5.56 Å². The van der Waals surface area contributed by atoms with Gasteiger partial charge in [0.15, 0.2) is 5.69 Å². The summed E-state index contributed by atoms with van der Waals surface area (Å²) >= 11 is 3.29. The number of methoxy groups -OCH3 is 2. The summed E-state index contributed by atoms with van der Waals surface area (Å²) in [5.74, 6) is 0.154. The molecule has 76 valence electrons. The highest BCUT2D eigenvalue weighted by Gasteiger charge is 2.10. The van der Waals surface area contributed by atoms with Crippen molar-refractivity contribution in [3.8, 4) is 5.75 Å². The predicted molar refractivity (Wildman–Crippen MR) is 54.8 cm³/mol. The number of carbonyl (C=O) groups excluding carboxylic acids is 1. The molecule has 0 aliphatic rings. The third-order valence-electron chi connectivity index (χ3n) is 1.70. The molecule has 0 fully saturated rings. The van der Waals surface area contributed by atoms with Crippen LogP contribution >= 0.6 is 15.9 Å². The van der Waals surface area contributed by atoms with Gasteiger partial charge in [-0.05, 0) is 0 Å². The van der Waals surface area contributed by atoms with Crippen molar-refractivity contribution in [2.45, 2.75) is 5.33 Å². The first-order valence-electron chi connectivity index (χ1n) is 3.90. The minimum absolute atomic E-state index is 0.244. The van der Waals surface area contributed by atoms with Gasteiger partial charge in [0.2, 0.25) is 0 Å². The molecule has 4 nitrogen and oxygen atoms in total. The fourth-order valence-corrected chi connectivity index (χ4v) is 1.39. The summed E-state index contributed by atoms with van der Waals surface area (Å²) in [5, 5.41) is 0.630. The highest BCUT2D eigenvalue weighted by atomic mass is 79.9. The third kappa shape index (κ3) is 2.23. The fourth-order valence-electron chi connectivity index (χ4n) is 0.972. The normalized spacial score (nSPS) is 9.64. The second-order valence-electron chi connectivity index (χ2n) is 2.51. The minimum atomic E-state index is -0.468. The van der Waals surface area contributed by atoms with Crippen LogP contribution in [0, 0.1) is 0 Å². The number of pyridine rings is 1. The highest BCUT2D eigenvalue weighted by molar-refractivity contribution is 9.08. The Hall–Kier alpha value is -1.10. The molecule has 1 aromatic rings. The van der Waals surface area contributed by atoms with Crippen LogP contribution in [0.3, 0.4) is 0 Å². The molecule has 0 spiro atoms. The Labute approximate surface area is 90.4 Å². The van der Waals surface area contributed by atoms with Crippen LogP contribution in [0.4, 0.5) is 0 Å². The van der Waals surface area contributed by atoms with Crippen LogP contribution < -0.4 is 4.74 Å². The van der Waals surface area contributed by atoms with E-state index in [1.54, 1.807) is 19.4 Å². The van der Waals surface area contributed by atoms with Crippen molar-refractivity contribution in [1.82, 2.24) is 4.98 Å². The zero-order chi connectivity index (χ0) is 10.6. The van der Waals surface area contributed by atoms with Crippen molar-refractivity contribution < 1.29 is 14.3 Å². The number of hydrogen-bond donors (Lipinski definition) is 0. The molecular formula is C9H10BrNO3. The number of aromatic nitrogens is 1. The molecule has 14 heavy (non-hydrogen) atoms. The van der Waals surface area contributed by atoms with Gasteiger partial charge in [-0.1, -0.05) is 15.9 Å². The molecule has 0 radical (unpaired) electrons. The second kappa shape index (κ2) is 4.95. The molecule has 0 saturated heterocycles. The Morgan fingerprint density at radius 1 is 1.57 bits per heavy atom. The molecule has 0 aliphatic heterocycles. The Morgan fingerprint density at radius 2 is 2.29 bits per heavy atom. The molecule has 1 heterocycles. The van der Waals surface area contributed by atoms with Crippen molar-refractivity contribution in [3.63, 3.8) is 0 Å². The molecule has 5 heteroatoms. The molecule has 0 unspecified atom stereocenters. The lowest BCUT2D eigenvalue weighted by atomic mass is 10.2. The minimum Gasteiger partial charge on any atom is -0.496 e. The summed E-state index contributed by atoms with van der Waals surface area (Å²) in [6, 6.07) is 1.56. The average molecular weight is 260 g/mol. The number of esters is 1. The van der Waals surface area contributed by atoms with Crippen molar-refractivity contribution in [1.29, 1.82) is 0 Å². The first-order valence-corrected chi connectivity index (χ1v) is 5.02. The standard InChI is InChI=1S/C9H10BrNO3/c1-13-8-3-7(9(12)14-2)11-5-6(8)4-10/h3,5H,4H2,1-2H3. The van der Waals surface area contributed by atoms with Gasteiger partial charge in [0.1, 0.15) is 5.75 Å². The number of halogens is 1. The quantitative estimate of drug-likeness (QED) is 0.613. The SMILES string of the molecule is COC(=O)c1cc(OC)c(CBr)cn1. The molecule has 0 N–H and O–H groups in total. The van der Waals surface area contributed by atoms with Crippen molar-refractivity contribution in [3.05, 3.63) is 23.5 Å². The zero-order valence-electron chi connectivity index (χ0n) is 7.91. The first-order chi connectivity index (χ1) is 6.72. The van der Waals surface area contributed by atoms with E-state index in [1.165, 1.54) is 7.11 Å². The molecule has 0 atom stereocenters. The van der Waals surface area contributed by atoms with Gasteiger partial charge in [0.25, 0.3) is 0 Å². The Bertz CT molecular complexity index is 341. The van der Waals surface area contributed by atoms with Gasteiger partial charge in [-0.2, -0.15) is 0 Å². The van der Waals surface area contributed by atoms with Gasteiger partial charge in [0.05, 0.1) is 14.2 Å². The maximum atomic E-state index is 11.1. The lowest BCUT2D eigenvalue weighted by molar-refractivity contribution is 0.0593. The predicted octanol–water partition coefficient (Wildman–Crippen LogP) is 1.77. The number of carbonyl (C=O) groups is 1. The molecule has 0 aliphatic carbocycles. The van der Waals surface area contributed by atoms with E-state index >= 15 is 0 Å². The van der Waals surface area contributed by atoms with E-state index in [2.05, 4.69) is 25.7 Å². The van der Waals surface area contributed by atoms with Gasteiger partial charge < -0.3 is 9.47 Å². The summed E-state index contributed by atoms with van der Waals surface area (Å²) in [5.41, 5.74) is 1.13.